The highest BCUT2D eigenvalue weighted by Crippen LogP contribution is 2.35. The summed E-state index contributed by atoms with van der Waals surface area (Å²) >= 11 is 1.33. The number of aromatic nitrogens is 4. The fourth-order valence-corrected chi connectivity index (χ4v) is 3.21. The van der Waals surface area contributed by atoms with Crippen LogP contribution in [0.2, 0.25) is 0 Å². The average molecular weight is 327 g/mol. The third kappa shape index (κ3) is 2.63. The summed E-state index contributed by atoms with van der Waals surface area (Å²) in [4.78, 5) is 12.5. The number of nitrogens with two attached hydrogens (primary N) is 1. The van der Waals surface area contributed by atoms with Crippen molar-refractivity contribution in [2.75, 3.05) is 24.7 Å². The van der Waals surface area contributed by atoms with Gasteiger partial charge in [0.25, 0.3) is 0 Å². The van der Waals surface area contributed by atoms with Crippen molar-refractivity contribution in [1.29, 1.82) is 0 Å². The molecule has 2 aromatic rings. The first-order valence-corrected chi connectivity index (χ1v) is 7.80. The first kappa shape index (κ1) is 15.4. The third-order valence-electron chi connectivity index (χ3n) is 3.47. The van der Waals surface area contributed by atoms with Crippen LogP contribution in [0.3, 0.4) is 0 Å². The molecule has 0 aromatic carbocycles. The number of imidazole rings is 1. The molecule has 0 amide bonds. The van der Waals surface area contributed by atoms with Gasteiger partial charge in [-0.15, -0.1) is 0 Å². The zero-order valence-corrected chi connectivity index (χ0v) is 12.5. The molecule has 1 aliphatic heterocycles. The first-order valence-electron chi connectivity index (χ1n) is 6.82. The van der Waals surface area contributed by atoms with E-state index in [1.165, 1.54) is 18.1 Å². The van der Waals surface area contributed by atoms with Crippen molar-refractivity contribution in [2.24, 2.45) is 0 Å². The van der Waals surface area contributed by atoms with Gasteiger partial charge in [0.15, 0.2) is 22.1 Å². The SMILES string of the molecule is Nc1ncnc2c1nc(SCCO)n2[C@H]1CC(O)[C@@H](CO)O1. The van der Waals surface area contributed by atoms with Gasteiger partial charge in [-0.2, -0.15) is 0 Å². The number of rotatable bonds is 5. The molecule has 3 heterocycles. The van der Waals surface area contributed by atoms with Gasteiger partial charge in [-0.3, -0.25) is 4.57 Å². The number of nitrogen functional groups attached to an aromatic ring is 1. The van der Waals surface area contributed by atoms with Crippen LogP contribution >= 0.6 is 11.8 Å². The maximum atomic E-state index is 9.93. The minimum absolute atomic E-state index is 0.00243. The van der Waals surface area contributed by atoms with E-state index in [-0.39, 0.29) is 19.0 Å². The topological polar surface area (TPSA) is 140 Å². The molecule has 120 valence electrons. The minimum Gasteiger partial charge on any atom is -0.396 e. The van der Waals surface area contributed by atoms with Crippen molar-refractivity contribution >= 4 is 28.7 Å². The van der Waals surface area contributed by atoms with E-state index in [2.05, 4.69) is 15.0 Å². The van der Waals surface area contributed by atoms with Crippen molar-refractivity contribution in [3.05, 3.63) is 6.33 Å². The molecule has 0 saturated carbocycles. The second-order valence-corrected chi connectivity index (χ2v) is 5.94. The average Bonchev–Trinajstić information content (AvgIpc) is 3.06. The molecule has 1 unspecified atom stereocenters. The zero-order valence-electron chi connectivity index (χ0n) is 11.7. The van der Waals surface area contributed by atoms with Gasteiger partial charge in [-0.1, -0.05) is 11.8 Å². The third-order valence-corrected chi connectivity index (χ3v) is 4.40. The molecule has 0 radical (unpaired) electrons. The molecule has 22 heavy (non-hydrogen) atoms. The maximum Gasteiger partial charge on any atom is 0.172 e. The number of nitrogens with zero attached hydrogens (tertiary/aromatic N) is 4. The summed E-state index contributed by atoms with van der Waals surface area (Å²) in [5.74, 6) is 0.710. The van der Waals surface area contributed by atoms with Crippen molar-refractivity contribution < 1.29 is 20.1 Å². The second kappa shape index (κ2) is 6.34. The summed E-state index contributed by atoms with van der Waals surface area (Å²) in [7, 11) is 0. The largest absolute Gasteiger partial charge is 0.396 e. The maximum absolute atomic E-state index is 9.93. The van der Waals surface area contributed by atoms with Crippen LogP contribution in [0.15, 0.2) is 11.5 Å². The summed E-state index contributed by atoms with van der Waals surface area (Å²) in [6.45, 7) is -0.261. The Labute approximate surface area is 130 Å². The lowest BCUT2D eigenvalue weighted by Crippen LogP contribution is -2.24. The van der Waals surface area contributed by atoms with Gasteiger partial charge in [-0.05, 0) is 0 Å². The summed E-state index contributed by atoms with van der Waals surface area (Å²) in [5.41, 5.74) is 6.79. The molecule has 9 nitrogen and oxygen atoms in total. The highest BCUT2D eigenvalue weighted by molar-refractivity contribution is 7.99. The number of anilines is 1. The van der Waals surface area contributed by atoms with Gasteiger partial charge in [0.2, 0.25) is 0 Å². The number of aliphatic hydroxyl groups excluding tert-OH is 3. The van der Waals surface area contributed by atoms with E-state index in [0.717, 1.165) is 0 Å². The molecular formula is C12H17N5O4S. The van der Waals surface area contributed by atoms with E-state index in [9.17, 15) is 10.2 Å². The molecule has 1 fully saturated rings. The predicted molar refractivity (Wildman–Crippen MR) is 79.2 cm³/mol. The van der Waals surface area contributed by atoms with Crippen LogP contribution in [0.1, 0.15) is 12.6 Å². The van der Waals surface area contributed by atoms with E-state index >= 15 is 0 Å². The lowest BCUT2D eigenvalue weighted by Gasteiger charge is -2.16. The molecular weight excluding hydrogens is 310 g/mol. The molecule has 0 spiro atoms. The number of aliphatic hydroxyl groups is 3. The Bertz CT molecular complexity index is 666. The van der Waals surface area contributed by atoms with Gasteiger partial charge in [0, 0.05) is 12.2 Å². The molecule has 3 rings (SSSR count). The van der Waals surface area contributed by atoms with Gasteiger partial charge >= 0.3 is 0 Å². The van der Waals surface area contributed by atoms with Crippen molar-refractivity contribution in [3.8, 4) is 0 Å². The Kier molecular flexibility index (Phi) is 4.45. The van der Waals surface area contributed by atoms with Crippen LogP contribution < -0.4 is 5.73 Å². The standard InChI is InChI=1S/C12H17N5O4S/c13-10-9-11(15-5-14-10)17(12(16-9)22-2-1-18)8-3-6(20)7(4-19)21-8/h5-8,18-20H,1-4H2,(H2,13,14,15)/t6?,7-,8-/m1/s1. The predicted octanol–water partition coefficient (Wildman–Crippen LogP) is -0.866. The number of ether oxygens (including phenoxy) is 1. The van der Waals surface area contributed by atoms with E-state index in [1.807, 2.05) is 0 Å². The van der Waals surface area contributed by atoms with Gasteiger partial charge in [0.05, 0.1) is 19.3 Å². The Morgan fingerprint density at radius 2 is 2.23 bits per heavy atom. The summed E-state index contributed by atoms with van der Waals surface area (Å²) in [6, 6.07) is 0. The van der Waals surface area contributed by atoms with E-state index < -0.39 is 18.4 Å². The van der Waals surface area contributed by atoms with Gasteiger partial charge < -0.3 is 25.8 Å². The van der Waals surface area contributed by atoms with E-state index in [4.69, 9.17) is 15.6 Å². The summed E-state index contributed by atoms with van der Waals surface area (Å²) < 4.78 is 7.41. The Morgan fingerprint density at radius 3 is 2.91 bits per heavy atom. The number of thioether (sulfide) groups is 1. The lowest BCUT2D eigenvalue weighted by atomic mass is 10.2. The fourth-order valence-electron chi connectivity index (χ4n) is 2.44. The molecule has 0 aliphatic carbocycles. The summed E-state index contributed by atoms with van der Waals surface area (Å²) in [5, 5.41) is 28.8. The van der Waals surface area contributed by atoms with Gasteiger partial charge in [-0.25, -0.2) is 15.0 Å². The van der Waals surface area contributed by atoms with Crippen LogP contribution in [0.4, 0.5) is 5.82 Å². The second-order valence-electron chi connectivity index (χ2n) is 4.88. The van der Waals surface area contributed by atoms with Crippen LogP contribution in [0.5, 0.6) is 0 Å². The highest BCUT2D eigenvalue weighted by Gasteiger charge is 2.36. The van der Waals surface area contributed by atoms with Crippen molar-refractivity contribution in [2.45, 2.75) is 30.0 Å². The Morgan fingerprint density at radius 1 is 1.41 bits per heavy atom. The van der Waals surface area contributed by atoms with Crippen LogP contribution in [0.25, 0.3) is 11.2 Å². The molecule has 1 saturated heterocycles. The van der Waals surface area contributed by atoms with E-state index in [1.54, 1.807) is 4.57 Å². The van der Waals surface area contributed by atoms with Crippen molar-refractivity contribution in [1.82, 2.24) is 19.5 Å². The molecule has 0 bridgehead atoms. The number of hydrogen-bond acceptors (Lipinski definition) is 9. The molecule has 3 atom stereocenters. The molecule has 1 aliphatic rings. The zero-order chi connectivity index (χ0) is 15.7. The normalized spacial score (nSPS) is 25.1. The van der Waals surface area contributed by atoms with E-state index in [0.29, 0.717) is 28.5 Å². The minimum atomic E-state index is -0.762. The molecule has 5 N–H and O–H groups in total. The van der Waals surface area contributed by atoms with Crippen LogP contribution in [-0.2, 0) is 4.74 Å². The Balaban J connectivity index is 2.04. The lowest BCUT2D eigenvalue weighted by molar-refractivity contribution is -0.0457. The van der Waals surface area contributed by atoms with Crippen LogP contribution in [0, 0.1) is 0 Å². The quantitative estimate of drug-likeness (QED) is 0.516. The summed E-state index contributed by atoms with van der Waals surface area (Å²) in [6.07, 6.45) is -0.259. The van der Waals surface area contributed by atoms with Crippen molar-refractivity contribution in [3.63, 3.8) is 0 Å². The van der Waals surface area contributed by atoms with Gasteiger partial charge in [0.1, 0.15) is 18.7 Å². The van der Waals surface area contributed by atoms with Crippen LogP contribution in [-0.4, -0.2) is 66.0 Å². The monoisotopic (exact) mass is 327 g/mol. The number of fused-ring (bicyclic) bond motifs is 1. The smallest absolute Gasteiger partial charge is 0.172 e. The fraction of sp³-hybridized carbons (Fsp3) is 0.583. The molecule has 10 heteroatoms. The Hall–Kier alpha value is -1.46. The highest BCUT2D eigenvalue weighted by atomic mass is 32.2. The first-order chi connectivity index (χ1) is 10.7. The number of hydrogen-bond donors (Lipinski definition) is 4. The molecule has 2 aromatic heterocycles.